The summed E-state index contributed by atoms with van der Waals surface area (Å²) in [5, 5.41) is 9.15. The fourth-order valence-corrected chi connectivity index (χ4v) is 4.17. The zero-order valence-corrected chi connectivity index (χ0v) is 14.1. The lowest BCUT2D eigenvalue weighted by Crippen LogP contribution is -2.36. The van der Waals surface area contributed by atoms with Crippen LogP contribution in [0.2, 0.25) is 0 Å². The van der Waals surface area contributed by atoms with Crippen LogP contribution in [0.3, 0.4) is 0 Å². The van der Waals surface area contributed by atoms with E-state index in [2.05, 4.69) is 4.72 Å². The molecule has 0 amide bonds. The molecule has 1 aliphatic rings. The normalized spacial score (nSPS) is 16.5. The van der Waals surface area contributed by atoms with Gasteiger partial charge in [0, 0.05) is 26.2 Å². The van der Waals surface area contributed by atoms with Gasteiger partial charge in [0.25, 0.3) is 0 Å². The van der Waals surface area contributed by atoms with E-state index in [1.165, 1.54) is 19.2 Å². The Morgan fingerprint density at radius 1 is 1.39 bits per heavy atom. The number of hydrogen-bond acceptors (Lipinski definition) is 5. The summed E-state index contributed by atoms with van der Waals surface area (Å²) in [6.07, 6.45) is 1.99. The molecule has 2 rings (SSSR count). The Morgan fingerprint density at radius 3 is 2.61 bits per heavy atom. The molecule has 0 unspecified atom stereocenters. The highest BCUT2D eigenvalue weighted by Gasteiger charge is 2.26. The molecular weight excluding hydrogens is 320 g/mol. The molecule has 0 radical (unpaired) electrons. The van der Waals surface area contributed by atoms with Crippen LogP contribution >= 0.6 is 0 Å². The number of anilines is 1. The first-order chi connectivity index (χ1) is 10.8. The molecule has 1 saturated heterocycles. The first-order valence-corrected chi connectivity index (χ1v) is 8.97. The van der Waals surface area contributed by atoms with Crippen LogP contribution in [0.15, 0.2) is 23.1 Å². The van der Waals surface area contributed by atoms with Gasteiger partial charge in [-0.2, -0.15) is 0 Å². The average molecular weight is 342 g/mol. The molecule has 2 N–H and O–H groups in total. The molecule has 0 saturated carbocycles. The maximum absolute atomic E-state index is 12.7. The maximum atomic E-state index is 12.7. The summed E-state index contributed by atoms with van der Waals surface area (Å²) in [5.74, 6) is -1.15. The van der Waals surface area contributed by atoms with E-state index in [1.807, 2.05) is 4.90 Å². The summed E-state index contributed by atoms with van der Waals surface area (Å²) in [5.41, 5.74) is 0.498. The molecule has 0 spiro atoms. The Labute approximate surface area is 136 Å². The van der Waals surface area contributed by atoms with Gasteiger partial charge in [-0.3, -0.25) is 0 Å². The van der Waals surface area contributed by atoms with Gasteiger partial charge >= 0.3 is 5.97 Å². The van der Waals surface area contributed by atoms with Crippen molar-refractivity contribution >= 4 is 21.7 Å². The number of rotatable bonds is 7. The van der Waals surface area contributed by atoms with Crippen LogP contribution in [0, 0.1) is 0 Å². The lowest BCUT2D eigenvalue weighted by molar-refractivity contribution is 0.0696. The summed E-state index contributed by atoms with van der Waals surface area (Å²) in [6.45, 7) is 3.46. The number of methoxy groups -OCH3 is 1. The Balaban J connectivity index is 2.43. The number of ether oxygens (including phenoxy) is 1. The van der Waals surface area contributed by atoms with E-state index >= 15 is 0 Å². The highest BCUT2D eigenvalue weighted by atomic mass is 32.2. The minimum Gasteiger partial charge on any atom is -0.478 e. The first-order valence-electron chi connectivity index (χ1n) is 7.48. The van der Waals surface area contributed by atoms with Crippen molar-refractivity contribution in [2.75, 3.05) is 31.7 Å². The number of aromatic carboxylic acids is 1. The zero-order valence-electron chi connectivity index (χ0n) is 13.3. The molecule has 1 aliphatic heterocycles. The standard InChI is InChI=1S/C15H22N2O5S/c1-11(10-22-2)16-23(20,21)14-9-12(15(18)19)5-6-13(14)17-7-3-4-8-17/h5-6,9,11,16H,3-4,7-8,10H2,1-2H3,(H,18,19)/t11-/m1/s1. The van der Waals surface area contributed by atoms with Crippen LogP contribution in [0.5, 0.6) is 0 Å². The highest BCUT2D eigenvalue weighted by molar-refractivity contribution is 7.89. The van der Waals surface area contributed by atoms with Crippen LogP contribution in [0.4, 0.5) is 5.69 Å². The Bertz CT molecular complexity index is 668. The van der Waals surface area contributed by atoms with E-state index in [4.69, 9.17) is 9.84 Å². The second-order valence-corrected chi connectivity index (χ2v) is 7.34. The first kappa shape index (κ1) is 17.7. The van der Waals surface area contributed by atoms with Crippen molar-refractivity contribution in [3.05, 3.63) is 23.8 Å². The minimum absolute atomic E-state index is 0.00209. The van der Waals surface area contributed by atoms with Gasteiger partial charge in [-0.25, -0.2) is 17.9 Å². The molecule has 8 heteroatoms. The lowest BCUT2D eigenvalue weighted by atomic mass is 10.2. The zero-order chi connectivity index (χ0) is 17.0. The number of hydrogen-bond donors (Lipinski definition) is 2. The topological polar surface area (TPSA) is 95.9 Å². The smallest absolute Gasteiger partial charge is 0.335 e. The summed E-state index contributed by atoms with van der Waals surface area (Å²) in [4.78, 5) is 13.2. The van der Waals surface area contributed by atoms with Crippen LogP contribution in [-0.4, -0.2) is 52.3 Å². The summed E-state index contributed by atoms with van der Waals surface area (Å²) >= 11 is 0. The van der Waals surface area contributed by atoms with Gasteiger partial charge in [0.2, 0.25) is 10.0 Å². The number of carboxylic acid groups (broad SMARTS) is 1. The van der Waals surface area contributed by atoms with Gasteiger partial charge in [0.1, 0.15) is 4.90 Å². The Kier molecular flexibility index (Phi) is 5.61. The van der Waals surface area contributed by atoms with Gasteiger partial charge in [-0.05, 0) is 38.0 Å². The molecule has 1 atom stereocenters. The fourth-order valence-electron chi connectivity index (χ4n) is 2.69. The molecule has 23 heavy (non-hydrogen) atoms. The van der Waals surface area contributed by atoms with E-state index < -0.39 is 22.0 Å². The third-order valence-electron chi connectivity index (χ3n) is 3.72. The Morgan fingerprint density at radius 2 is 2.04 bits per heavy atom. The van der Waals surface area contributed by atoms with E-state index in [1.54, 1.807) is 13.0 Å². The third-order valence-corrected chi connectivity index (χ3v) is 5.33. The molecule has 1 heterocycles. The Hall–Kier alpha value is -1.64. The van der Waals surface area contributed by atoms with E-state index in [9.17, 15) is 13.2 Å². The fraction of sp³-hybridized carbons (Fsp3) is 0.533. The second kappa shape index (κ2) is 7.29. The number of carbonyl (C=O) groups is 1. The molecular formula is C15H22N2O5S. The van der Waals surface area contributed by atoms with Crippen LogP contribution in [0.25, 0.3) is 0 Å². The van der Waals surface area contributed by atoms with Crippen LogP contribution in [0.1, 0.15) is 30.1 Å². The summed E-state index contributed by atoms with van der Waals surface area (Å²) in [7, 11) is -2.35. The molecule has 1 aromatic rings. The molecule has 128 valence electrons. The van der Waals surface area contributed by atoms with Gasteiger partial charge in [-0.1, -0.05) is 0 Å². The molecule has 1 fully saturated rings. The SMILES string of the molecule is COC[C@@H](C)NS(=O)(=O)c1cc(C(=O)O)ccc1N1CCCC1. The molecule has 7 nitrogen and oxygen atoms in total. The van der Waals surface area contributed by atoms with Crippen molar-refractivity contribution in [2.45, 2.75) is 30.7 Å². The van der Waals surface area contributed by atoms with Crippen molar-refractivity contribution in [2.24, 2.45) is 0 Å². The van der Waals surface area contributed by atoms with E-state index in [-0.39, 0.29) is 17.1 Å². The summed E-state index contributed by atoms with van der Waals surface area (Å²) < 4.78 is 32.8. The van der Waals surface area contributed by atoms with Crippen molar-refractivity contribution in [3.63, 3.8) is 0 Å². The molecule has 0 aromatic heterocycles. The molecule has 0 aliphatic carbocycles. The average Bonchev–Trinajstić information content (AvgIpc) is 3.00. The largest absolute Gasteiger partial charge is 0.478 e. The molecule has 1 aromatic carbocycles. The molecule has 0 bridgehead atoms. The van der Waals surface area contributed by atoms with Gasteiger partial charge in [0.05, 0.1) is 17.9 Å². The van der Waals surface area contributed by atoms with Crippen LogP contribution < -0.4 is 9.62 Å². The second-order valence-electron chi connectivity index (χ2n) is 5.66. The van der Waals surface area contributed by atoms with E-state index in [0.29, 0.717) is 5.69 Å². The summed E-state index contributed by atoms with van der Waals surface area (Å²) in [6, 6.07) is 3.82. The van der Waals surface area contributed by atoms with Crippen LogP contribution in [-0.2, 0) is 14.8 Å². The number of sulfonamides is 1. The minimum atomic E-state index is -3.84. The van der Waals surface area contributed by atoms with E-state index in [0.717, 1.165) is 25.9 Å². The van der Waals surface area contributed by atoms with Crippen molar-refractivity contribution in [3.8, 4) is 0 Å². The monoisotopic (exact) mass is 342 g/mol. The number of nitrogens with zero attached hydrogens (tertiary/aromatic N) is 1. The number of nitrogens with one attached hydrogen (secondary N) is 1. The number of carboxylic acids is 1. The lowest BCUT2D eigenvalue weighted by Gasteiger charge is -2.23. The van der Waals surface area contributed by atoms with Crippen molar-refractivity contribution in [1.82, 2.24) is 4.72 Å². The van der Waals surface area contributed by atoms with Crippen molar-refractivity contribution < 1.29 is 23.1 Å². The third kappa shape index (κ3) is 4.21. The van der Waals surface area contributed by atoms with Gasteiger partial charge in [0.15, 0.2) is 0 Å². The number of benzene rings is 1. The quantitative estimate of drug-likeness (QED) is 0.775. The maximum Gasteiger partial charge on any atom is 0.335 e. The highest BCUT2D eigenvalue weighted by Crippen LogP contribution is 2.29. The predicted molar refractivity (Wildman–Crippen MR) is 86.5 cm³/mol. The predicted octanol–water partition coefficient (Wildman–Crippen LogP) is 1.30. The van der Waals surface area contributed by atoms with Gasteiger partial charge in [-0.15, -0.1) is 0 Å². The van der Waals surface area contributed by atoms with Crippen molar-refractivity contribution in [1.29, 1.82) is 0 Å². The van der Waals surface area contributed by atoms with Gasteiger partial charge < -0.3 is 14.7 Å².